The predicted molar refractivity (Wildman–Crippen MR) is 445 cm³/mol. The third-order valence-corrected chi connectivity index (χ3v) is 21.1. The van der Waals surface area contributed by atoms with Gasteiger partial charge in [-0.3, -0.25) is 4.79 Å². The smallest absolute Gasteiger partial charge is 0.339 e. The molecular weight excluding hydrogens is 1430 g/mol. The summed E-state index contributed by atoms with van der Waals surface area (Å²) >= 11 is 0. The molecule has 0 aromatic heterocycles. The van der Waals surface area contributed by atoms with E-state index < -0.39 is 23.9 Å². The lowest BCUT2D eigenvalue weighted by molar-refractivity contribution is -0.129. The molecule has 0 saturated carbocycles. The van der Waals surface area contributed by atoms with Crippen molar-refractivity contribution in [2.24, 2.45) is 0 Å². The van der Waals surface area contributed by atoms with Crippen molar-refractivity contribution in [3.05, 3.63) is 287 Å². The van der Waals surface area contributed by atoms with Crippen molar-refractivity contribution in [2.45, 2.75) is 59.0 Å². The molecule has 20 nitrogen and oxygen atoms in total. The van der Waals surface area contributed by atoms with Gasteiger partial charge in [0.05, 0.1) is 13.2 Å². The van der Waals surface area contributed by atoms with Crippen LogP contribution in [-0.2, 0) is 36.0 Å². The van der Waals surface area contributed by atoms with Crippen molar-refractivity contribution in [3.63, 3.8) is 0 Å². The Balaban J connectivity index is 0.000000132. The van der Waals surface area contributed by atoms with Gasteiger partial charge in [-0.15, -0.1) is 0 Å². The van der Waals surface area contributed by atoms with Gasteiger partial charge in [-0.25, -0.2) is 19.2 Å². The van der Waals surface area contributed by atoms with Crippen LogP contribution in [0.2, 0.25) is 0 Å². The summed E-state index contributed by atoms with van der Waals surface area (Å²) < 4.78 is 29.5. The number of carboxylic acids is 4. The second-order valence-corrected chi connectivity index (χ2v) is 28.4. The highest BCUT2D eigenvalue weighted by atomic mass is 16.5. The molecule has 4 aliphatic rings. The number of benzene rings is 12. The van der Waals surface area contributed by atoms with Crippen LogP contribution in [0.15, 0.2) is 243 Å². The number of rotatable bonds is 20. The Bertz CT molecular complexity index is 5160. The SMILES string of the molecule is CC(=O)N1CCN(c2ccc(C(=O)O)c(OCc3cccc4ccccc34)c2)CC1.CN1CCCN(c2ccc(C(=O)O)c(OCc3cccc4ccccc34)c2)CC1.O=C(O)c1ccc(N2CCCCC2)cc1OCc1cccc2ccccc12.O=C(O)c1ccc(N2CCOCC2)cc1OCc1cccc2ccccc12. The first-order valence-electron chi connectivity index (χ1n) is 38.5. The molecule has 113 heavy (non-hydrogen) atoms. The quantitative estimate of drug-likeness (QED) is 0.0555. The number of likely N-dealkylation sites (N-methyl/N-ethyl adjacent to an activating group) is 1. The fourth-order valence-electron chi connectivity index (χ4n) is 14.9. The van der Waals surface area contributed by atoms with Crippen LogP contribution in [0.3, 0.4) is 0 Å². The lowest BCUT2D eigenvalue weighted by Gasteiger charge is -2.35. The van der Waals surface area contributed by atoms with Gasteiger partial charge in [-0.05, 0) is 153 Å². The maximum Gasteiger partial charge on any atom is 0.339 e. The van der Waals surface area contributed by atoms with Gasteiger partial charge in [0.25, 0.3) is 0 Å². The number of anilines is 4. The molecule has 12 aromatic carbocycles. The third kappa shape index (κ3) is 20.1. The highest BCUT2D eigenvalue weighted by Crippen LogP contribution is 2.35. The molecule has 4 N–H and O–H groups in total. The molecule has 20 heteroatoms. The van der Waals surface area contributed by atoms with Crippen LogP contribution in [-0.4, -0.2) is 159 Å². The summed E-state index contributed by atoms with van der Waals surface area (Å²) in [6, 6.07) is 78.0. The van der Waals surface area contributed by atoms with Crippen LogP contribution in [0.4, 0.5) is 22.7 Å². The molecule has 0 atom stereocenters. The van der Waals surface area contributed by atoms with E-state index in [0.717, 1.165) is 147 Å². The topological polar surface area (TPSA) is 232 Å². The summed E-state index contributed by atoms with van der Waals surface area (Å²) in [5, 5.41) is 47.3. The number of aromatic carboxylic acids is 4. The number of piperidine rings is 1. The lowest BCUT2D eigenvalue weighted by Crippen LogP contribution is -2.48. The highest BCUT2D eigenvalue weighted by Gasteiger charge is 2.25. The molecule has 0 radical (unpaired) electrons. The molecule has 4 saturated heterocycles. The van der Waals surface area contributed by atoms with Gasteiger partial charge in [0.2, 0.25) is 5.91 Å². The second kappa shape index (κ2) is 37.8. The number of piperazine rings is 1. The third-order valence-electron chi connectivity index (χ3n) is 21.1. The van der Waals surface area contributed by atoms with Crippen molar-refractivity contribution >= 4 is 95.6 Å². The first kappa shape index (κ1) is 78.5. The summed E-state index contributed by atoms with van der Waals surface area (Å²) in [6.45, 7) is 14.4. The van der Waals surface area contributed by atoms with Crippen LogP contribution in [0, 0.1) is 0 Å². The van der Waals surface area contributed by atoms with E-state index in [1.54, 1.807) is 43.3 Å². The molecule has 12 aromatic rings. The number of hydrogen-bond acceptors (Lipinski definition) is 15. The molecule has 16 rings (SSSR count). The fourth-order valence-corrected chi connectivity index (χ4v) is 14.9. The van der Waals surface area contributed by atoms with Crippen LogP contribution in [0.5, 0.6) is 23.0 Å². The Morgan fingerprint density at radius 1 is 0.310 bits per heavy atom. The molecule has 4 heterocycles. The van der Waals surface area contributed by atoms with Crippen molar-refractivity contribution in [3.8, 4) is 23.0 Å². The molecule has 0 aliphatic carbocycles. The first-order valence-corrected chi connectivity index (χ1v) is 38.5. The van der Waals surface area contributed by atoms with Crippen LogP contribution < -0.4 is 38.5 Å². The Hall–Kier alpha value is -12.7. The predicted octanol–water partition coefficient (Wildman–Crippen LogP) is 17.1. The van der Waals surface area contributed by atoms with Gasteiger partial charge < -0.3 is 73.5 Å². The van der Waals surface area contributed by atoms with Gasteiger partial charge in [0.1, 0.15) is 71.7 Å². The molecular formula is C93H94N6O14. The van der Waals surface area contributed by atoms with E-state index in [0.29, 0.717) is 82.2 Å². The van der Waals surface area contributed by atoms with E-state index in [1.165, 1.54) is 19.3 Å². The molecule has 4 fully saturated rings. The van der Waals surface area contributed by atoms with Crippen molar-refractivity contribution in [1.82, 2.24) is 9.80 Å². The van der Waals surface area contributed by atoms with E-state index in [-0.39, 0.29) is 34.8 Å². The maximum absolute atomic E-state index is 11.7. The summed E-state index contributed by atoms with van der Waals surface area (Å²) in [7, 11) is 2.13. The van der Waals surface area contributed by atoms with Crippen molar-refractivity contribution < 1.29 is 68.1 Å². The number of ether oxygens (including phenoxy) is 5. The average Bonchev–Trinajstić information content (AvgIpc) is 0.988. The van der Waals surface area contributed by atoms with Gasteiger partial charge >= 0.3 is 23.9 Å². The number of carbonyl (C=O) groups is 5. The normalized spacial score (nSPS) is 14.5. The summed E-state index contributed by atoms with van der Waals surface area (Å²) in [5.74, 6) is -2.28. The molecule has 1 amide bonds. The van der Waals surface area contributed by atoms with Crippen molar-refractivity contribution in [2.75, 3.05) is 118 Å². The highest BCUT2D eigenvalue weighted by molar-refractivity contribution is 5.95. The Kier molecular flexibility index (Phi) is 26.3. The average molecular weight is 1520 g/mol. The zero-order valence-electron chi connectivity index (χ0n) is 63.7. The number of carbonyl (C=O) groups excluding carboxylic acids is 1. The Morgan fingerprint density at radius 3 is 0.920 bits per heavy atom. The first-order chi connectivity index (χ1) is 55.1. The van der Waals surface area contributed by atoms with E-state index in [9.17, 15) is 44.4 Å². The number of carboxylic acid groups (broad SMARTS) is 4. The Labute approximate surface area is 657 Å². The van der Waals surface area contributed by atoms with Gasteiger partial charge in [0, 0.05) is 126 Å². The fraction of sp³-hybridized carbons (Fsp3) is 0.258. The van der Waals surface area contributed by atoms with Crippen molar-refractivity contribution in [1.29, 1.82) is 0 Å². The molecule has 580 valence electrons. The van der Waals surface area contributed by atoms with Gasteiger partial charge in [0.15, 0.2) is 0 Å². The number of fused-ring (bicyclic) bond motifs is 4. The second-order valence-electron chi connectivity index (χ2n) is 28.4. The maximum atomic E-state index is 11.7. The summed E-state index contributed by atoms with van der Waals surface area (Å²) in [5.41, 5.74) is 8.74. The number of morpholine rings is 1. The minimum Gasteiger partial charge on any atom is -0.488 e. The van der Waals surface area contributed by atoms with Gasteiger partial charge in [-0.2, -0.15) is 0 Å². The standard InChI is InChI=1S/C24H24N2O4.C24H26N2O3.C23H23NO3.C22H21NO4/c1-17(27)25-11-13-26(14-12-25)20-9-10-22(24(28)29)23(15-20)30-16-19-7-4-6-18-5-2-3-8-21(18)19;1-25-12-5-13-26(15-14-25)20-10-11-22(24(27)28)23(16-20)29-17-19-8-4-7-18-6-2-3-9-21(18)19;25-23(26)21-12-11-19(24-13-4-1-5-14-24)15-22(21)27-16-18-9-6-8-17-7-2-3-10-20(17)18;24-22(25)20-9-8-18(23-10-12-26-13-11-23)14-21(20)27-15-17-6-3-5-16-4-1-2-7-19(16)17/h2-10,15H,11-14,16H2,1H3,(H,28,29);2-4,6-11,16H,5,12-15,17H2,1H3,(H,27,28);2-3,6-12,15H,1,4-5,13-14,16H2,(H,25,26);1-9,14H,10-13,15H2,(H,24,25). The van der Waals surface area contributed by atoms with Crippen LogP contribution in [0.1, 0.15) is 96.3 Å². The minimum atomic E-state index is -1.02. The monoisotopic (exact) mass is 1520 g/mol. The lowest BCUT2D eigenvalue weighted by atomic mass is 10.1. The Morgan fingerprint density at radius 2 is 0.593 bits per heavy atom. The number of amides is 1. The van der Waals surface area contributed by atoms with E-state index in [4.69, 9.17) is 23.7 Å². The van der Waals surface area contributed by atoms with Crippen LogP contribution in [0.25, 0.3) is 43.1 Å². The zero-order chi connectivity index (χ0) is 78.6. The van der Waals surface area contributed by atoms with E-state index in [2.05, 4.69) is 86.1 Å². The molecule has 0 spiro atoms. The number of hydrogen-bond donors (Lipinski definition) is 4. The van der Waals surface area contributed by atoms with E-state index in [1.807, 2.05) is 157 Å². The molecule has 0 bridgehead atoms. The molecule has 0 unspecified atom stereocenters. The zero-order valence-corrected chi connectivity index (χ0v) is 63.7. The minimum absolute atomic E-state index is 0.0787. The van der Waals surface area contributed by atoms with Crippen LogP contribution >= 0.6 is 0 Å². The van der Waals surface area contributed by atoms with E-state index >= 15 is 0 Å². The summed E-state index contributed by atoms with van der Waals surface area (Å²) in [4.78, 5) is 71.3. The molecule has 4 aliphatic heterocycles. The largest absolute Gasteiger partial charge is 0.488 e. The number of nitrogens with zero attached hydrogens (tertiary/aromatic N) is 6. The van der Waals surface area contributed by atoms with Gasteiger partial charge in [-0.1, -0.05) is 170 Å². The summed E-state index contributed by atoms with van der Waals surface area (Å²) in [6.07, 6.45) is 4.69.